The zero-order valence-electron chi connectivity index (χ0n) is 8.54. The number of nitrogens with zero attached hydrogens (tertiary/aromatic N) is 1. The van der Waals surface area contributed by atoms with Crippen molar-refractivity contribution in [2.45, 2.75) is 13.0 Å². The summed E-state index contributed by atoms with van der Waals surface area (Å²) in [6.07, 6.45) is 0. The maximum absolute atomic E-state index is 11.3. The first-order valence-electron chi connectivity index (χ1n) is 4.36. The van der Waals surface area contributed by atoms with Crippen LogP contribution in [-0.2, 0) is 4.74 Å². The minimum absolute atomic E-state index is 0.105. The number of rotatable bonds is 5. The van der Waals surface area contributed by atoms with Gasteiger partial charge in [0.25, 0.3) is 0 Å². The fourth-order valence-electron chi connectivity index (χ4n) is 0.798. The molecule has 2 amide bonds. The van der Waals surface area contributed by atoms with E-state index in [2.05, 4.69) is 5.32 Å². The highest BCUT2D eigenvalue weighted by atomic mass is 16.5. The van der Waals surface area contributed by atoms with Crippen molar-refractivity contribution in [2.75, 3.05) is 33.9 Å². The molecule has 0 rings (SSSR count). The van der Waals surface area contributed by atoms with Gasteiger partial charge in [-0.2, -0.15) is 0 Å². The third-order valence-electron chi connectivity index (χ3n) is 1.80. The van der Waals surface area contributed by atoms with Crippen LogP contribution in [0.15, 0.2) is 0 Å². The number of carbonyl (C=O) groups excluding carboxylic acids is 1. The molecule has 5 nitrogen and oxygen atoms in total. The van der Waals surface area contributed by atoms with Crippen LogP contribution in [-0.4, -0.2) is 50.8 Å². The number of nitrogens with two attached hydrogens (primary N) is 1. The SMILES string of the molecule is CCN(C)C(=O)NC(CN)COC. The number of nitrogens with one attached hydrogen (secondary N) is 1. The predicted molar refractivity (Wildman–Crippen MR) is 51.6 cm³/mol. The van der Waals surface area contributed by atoms with E-state index in [0.29, 0.717) is 19.7 Å². The molecule has 0 heterocycles. The van der Waals surface area contributed by atoms with Crippen LogP contribution in [0.5, 0.6) is 0 Å². The molecule has 13 heavy (non-hydrogen) atoms. The fourth-order valence-corrected chi connectivity index (χ4v) is 0.798. The maximum Gasteiger partial charge on any atom is 0.317 e. The summed E-state index contributed by atoms with van der Waals surface area (Å²) in [6.45, 7) is 3.42. The minimum Gasteiger partial charge on any atom is -0.383 e. The van der Waals surface area contributed by atoms with Crippen molar-refractivity contribution in [2.24, 2.45) is 5.73 Å². The Hall–Kier alpha value is -0.810. The molecule has 0 saturated heterocycles. The quantitative estimate of drug-likeness (QED) is 0.619. The number of methoxy groups -OCH3 is 1. The Kier molecular flexibility index (Phi) is 6.26. The van der Waals surface area contributed by atoms with E-state index in [4.69, 9.17) is 10.5 Å². The zero-order valence-corrected chi connectivity index (χ0v) is 8.54. The van der Waals surface area contributed by atoms with E-state index in [1.165, 1.54) is 0 Å². The van der Waals surface area contributed by atoms with Gasteiger partial charge in [-0.25, -0.2) is 4.79 Å². The van der Waals surface area contributed by atoms with Gasteiger partial charge in [0.05, 0.1) is 12.6 Å². The second-order valence-corrected chi connectivity index (χ2v) is 2.85. The summed E-state index contributed by atoms with van der Waals surface area (Å²) in [5, 5.41) is 2.76. The number of hydrogen-bond donors (Lipinski definition) is 2. The molecule has 1 unspecified atom stereocenters. The molecule has 0 bridgehead atoms. The number of hydrogen-bond acceptors (Lipinski definition) is 3. The number of ether oxygens (including phenoxy) is 1. The summed E-state index contributed by atoms with van der Waals surface area (Å²) in [7, 11) is 3.31. The summed E-state index contributed by atoms with van der Waals surface area (Å²) in [6, 6.07) is -0.221. The van der Waals surface area contributed by atoms with E-state index in [1.807, 2.05) is 6.92 Å². The van der Waals surface area contributed by atoms with E-state index >= 15 is 0 Å². The van der Waals surface area contributed by atoms with Crippen LogP contribution in [0.3, 0.4) is 0 Å². The first-order chi connectivity index (χ1) is 6.15. The van der Waals surface area contributed by atoms with Crippen molar-refractivity contribution in [1.29, 1.82) is 0 Å². The van der Waals surface area contributed by atoms with Crippen molar-refractivity contribution in [3.63, 3.8) is 0 Å². The minimum atomic E-state index is -0.116. The molecule has 0 aliphatic carbocycles. The standard InChI is InChI=1S/C8H19N3O2/c1-4-11(2)8(12)10-7(5-9)6-13-3/h7H,4-6,9H2,1-3H3,(H,10,12). The van der Waals surface area contributed by atoms with Crippen LogP contribution in [0.1, 0.15) is 6.92 Å². The highest BCUT2D eigenvalue weighted by Crippen LogP contribution is 1.87. The van der Waals surface area contributed by atoms with Gasteiger partial charge < -0.3 is 20.7 Å². The summed E-state index contributed by atoms with van der Waals surface area (Å²) in [4.78, 5) is 12.9. The number of carbonyl (C=O) groups is 1. The van der Waals surface area contributed by atoms with Crippen LogP contribution in [0.2, 0.25) is 0 Å². The Bertz CT molecular complexity index is 152. The molecule has 78 valence electrons. The van der Waals surface area contributed by atoms with Gasteiger partial charge in [0.2, 0.25) is 0 Å². The van der Waals surface area contributed by atoms with E-state index < -0.39 is 0 Å². The van der Waals surface area contributed by atoms with E-state index in [9.17, 15) is 4.79 Å². The second kappa shape index (κ2) is 6.68. The Balaban J connectivity index is 3.85. The number of urea groups is 1. The summed E-state index contributed by atoms with van der Waals surface area (Å²) < 4.78 is 4.90. The summed E-state index contributed by atoms with van der Waals surface area (Å²) in [5.74, 6) is 0. The summed E-state index contributed by atoms with van der Waals surface area (Å²) in [5.41, 5.74) is 5.44. The largest absolute Gasteiger partial charge is 0.383 e. The van der Waals surface area contributed by atoms with Crippen molar-refractivity contribution in [3.05, 3.63) is 0 Å². The van der Waals surface area contributed by atoms with Gasteiger partial charge in [-0.05, 0) is 6.92 Å². The second-order valence-electron chi connectivity index (χ2n) is 2.85. The molecule has 1 atom stereocenters. The fraction of sp³-hybridized carbons (Fsp3) is 0.875. The van der Waals surface area contributed by atoms with Gasteiger partial charge >= 0.3 is 6.03 Å². The Morgan fingerprint density at radius 2 is 2.31 bits per heavy atom. The van der Waals surface area contributed by atoms with Crippen LogP contribution < -0.4 is 11.1 Å². The third kappa shape index (κ3) is 4.69. The van der Waals surface area contributed by atoms with Gasteiger partial charge in [0, 0.05) is 27.2 Å². The monoisotopic (exact) mass is 189 g/mol. The average molecular weight is 189 g/mol. The third-order valence-corrected chi connectivity index (χ3v) is 1.80. The lowest BCUT2D eigenvalue weighted by atomic mass is 10.3. The molecule has 5 heteroatoms. The van der Waals surface area contributed by atoms with E-state index in [0.717, 1.165) is 0 Å². The zero-order chi connectivity index (χ0) is 10.3. The molecular weight excluding hydrogens is 170 g/mol. The first kappa shape index (κ1) is 12.2. The Morgan fingerprint density at radius 3 is 2.69 bits per heavy atom. The molecule has 0 aromatic heterocycles. The average Bonchev–Trinajstić information content (AvgIpc) is 2.15. The van der Waals surface area contributed by atoms with Crippen molar-refractivity contribution < 1.29 is 9.53 Å². The van der Waals surface area contributed by atoms with Crippen LogP contribution in [0, 0.1) is 0 Å². The molecule has 0 radical (unpaired) electrons. The molecule has 0 aliphatic heterocycles. The summed E-state index contributed by atoms with van der Waals surface area (Å²) >= 11 is 0. The molecular formula is C8H19N3O2. The van der Waals surface area contributed by atoms with Crippen molar-refractivity contribution >= 4 is 6.03 Å². The van der Waals surface area contributed by atoms with Gasteiger partial charge in [-0.3, -0.25) is 0 Å². The van der Waals surface area contributed by atoms with Crippen LogP contribution >= 0.6 is 0 Å². The van der Waals surface area contributed by atoms with Crippen LogP contribution in [0.4, 0.5) is 4.79 Å². The van der Waals surface area contributed by atoms with Crippen LogP contribution in [0.25, 0.3) is 0 Å². The normalized spacial score (nSPS) is 12.3. The van der Waals surface area contributed by atoms with Gasteiger partial charge in [0.1, 0.15) is 0 Å². The molecule has 0 spiro atoms. The smallest absolute Gasteiger partial charge is 0.317 e. The molecule has 3 N–H and O–H groups in total. The Labute approximate surface area is 79.2 Å². The van der Waals surface area contributed by atoms with E-state index in [-0.39, 0.29) is 12.1 Å². The van der Waals surface area contributed by atoms with Crippen molar-refractivity contribution in [3.8, 4) is 0 Å². The molecule has 0 aromatic carbocycles. The number of amides is 2. The highest BCUT2D eigenvalue weighted by Gasteiger charge is 2.12. The maximum atomic E-state index is 11.3. The van der Waals surface area contributed by atoms with Gasteiger partial charge in [-0.15, -0.1) is 0 Å². The molecule has 0 aromatic rings. The molecule has 0 saturated carbocycles. The lowest BCUT2D eigenvalue weighted by Gasteiger charge is -2.20. The Morgan fingerprint density at radius 1 is 1.69 bits per heavy atom. The van der Waals surface area contributed by atoms with E-state index in [1.54, 1.807) is 19.1 Å². The first-order valence-corrected chi connectivity index (χ1v) is 4.36. The van der Waals surface area contributed by atoms with Gasteiger partial charge in [0.15, 0.2) is 0 Å². The predicted octanol–water partition coefficient (Wildman–Crippen LogP) is -0.379. The van der Waals surface area contributed by atoms with Crippen molar-refractivity contribution in [1.82, 2.24) is 10.2 Å². The highest BCUT2D eigenvalue weighted by molar-refractivity contribution is 5.74. The van der Waals surface area contributed by atoms with Gasteiger partial charge in [-0.1, -0.05) is 0 Å². The molecule has 0 fully saturated rings. The lowest BCUT2D eigenvalue weighted by molar-refractivity contribution is 0.160. The lowest BCUT2D eigenvalue weighted by Crippen LogP contribution is -2.48. The molecule has 0 aliphatic rings. The topological polar surface area (TPSA) is 67.6 Å².